The van der Waals surface area contributed by atoms with Gasteiger partial charge < -0.3 is 14.2 Å². The number of ether oxygens (including phenoxy) is 3. The van der Waals surface area contributed by atoms with Gasteiger partial charge in [-0.15, -0.1) is 0 Å². The van der Waals surface area contributed by atoms with Gasteiger partial charge >= 0.3 is 0 Å². The van der Waals surface area contributed by atoms with E-state index in [1.54, 1.807) is 14.2 Å². The van der Waals surface area contributed by atoms with E-state index >= 15 is 0 Å². The van der Waals surface area contributed by atoms with Crippen molar-refractivity contribution < 1.29 is 14.2 Å². The van der Waals surface area contributed by atoms with Gasteiger partial charge in [-0.3, -0.25) is 0 Å². The third kappa shape index (κ3) is 5.63. The van der Waals surface area contributed by atoms with Gasteiger partial charge in [-0.05, 0) is 74.4 Å². The number of aliphatic imine (C=N–C) groups is 2. The summed E-state index contributed by atoms with van der Waals surface area (Å²) in [5, 5.41) is 0.700. The predicted octanol–water partition coefficient (Wildman–Crippen LogP) is 6.65. The van der Waals surface area contributed by atoms with Crippen molar-refractivity contribution in [1.29, 1.82) is 0 Å². The number of hydrogen-bond acceptors (Lipinski definition) is 5. The van der Waals surface area contributed by atoms with Crippen LogP contribution < -0.4 is 4.74 Å². The fourth-order valence-electron chi connectivity index (χ4n) is 3.95. The Kier molecular flexibility index (Phi) is 7.83. The van der Waals surface area contributed by atoms with Crippen LogP contribution in [-0.2, 0) is 15.9 Å². The van der Waals surface area contributed by atoms with E-state index in [1.165, 1.54) is 0 Å². The highest BCUT2D eigenvalue weighted by atomic mass is 35.5. The molecule has 172 valence electrons. The van der Waals surface area contributed by atoms with Gasteiger partial charge in [0.1, 0.15) is 23.1 Å². The molecule has 32 heavy (non-hydrogen) atoms. The number of methoxy groups -OCH3 is 2. The standard InChI is InChI=1S/C26H33ClN2O3/c1-17(2)23-24(30-5)29-26(4,25(28-23)31-6)14-8-10-19-12-13-21(16-22(19)27)32-20-11-7-9-18(3)15-20/h7,9,11-13,15-17,23H,8,10,14H2,1-6H3/t23-,26+/m0/s1. The smallest absolute Gasteiger partial charge is 0.212 e. The molecule has 6 heteroatoms. The Hall–Kier alpha value is -2.53. The maximum absolute atomic E-state index is 6.56. The zero-order valence-electron chi connectivity index (χ0n) is 19.8. The van der Waals surface area contributed by atoms with Gasteiger partial charge in [-0.2, -0.15) is 0 Å². The molecule has 0 saturated carbocycles. The summed E-state index contributed by atoms with van der Waals surface area (Å²) in [7, 11) is 3.31. The van der Waals surface area contributed by atoms with E-state index < -0.39 is 5.54 Å². The molecule has 0 radical (unpaired) electrons. The van der Waals surface area contributed by atoms with Crippen LogP contribution in [0.1, 0.15) is 44.7 Å². The summed E-state index contributed by atoms with van der Waals surface area (Å²) in [5.74, 6) is 3.13. The van der Waals surface area contributed by atoms with Crippen LogP contribution in [0.3, 0.4) is 0 Å². The SMILES string of the molecule is COC1=N[C@](C)(CCCc2ccc(Oc3cccc(C)c3)cc2Cl)C(OC)=N[C@H]1C(C)C. The molecular weight excluding hydrogens is 424 g/mol. The Balaban J connectivity index is 1.66. The number of benzene rings is 2. The monoisotopic (exact) mass is 456 g/mol. The molecule has 0 spiro atoms. The van der Waals surface area contributed by atoms with Crippen molar-refractivity contribution in [2.75, 3.05) is 14.2 Å². The van der Waals surface area contributed by atoms with E-state index in [-0.39, 0.29) is 12.0 Å². The lowest BCUT2D eigenvalue weighted by Crippen LogP contribution is -2.44. The summed E-state index contributed by atoms with van der Waals surface area (Å²) >= 11 is 6.56. The maximum Gasteiger partial charge on any atom is 0.212 e. The molecule has 1 aliphatic rings. The Morgan fingerprint density at radius 1 is 1.06 bits per heavy atom. The molecule has 3 rings (SSSR count). The summed E-state index contributed by atoms with van der Waals surface area (Å²) in [6, 6.07) is 13.7. The van der Waals surface area contributed by atoms with Gasteiger partial charge in [0.15, 0.2) is 0 Å². The highest BCUT2D eigenvalue weighted by Gasteiger charge is 2.39. The molecule has 0 aromatic heterocycles. The average Bonchev–Trinajstić information content (AvgIpc) is 2.74. The Morgan fingerprint density at radius 2 is 1.81 bits per heavy atom. The van der Waals surface area contributed by atoms with Crippen LogP contribution in [0.15, 0.2) is 52.4 Å². The van der Waals surface area contributed by atoms with Crippen LogP contribution in [0.25, 0.3) is 0 Å². The Labute approximate surface area is 196 Å². The molecule has 0 N–H and O–H groups in total. The highest BCUT2D eigenvalue weighted by molar-refractivity contribution is 6.31. The van der Waals surface area contributed by atoms with Gasteiger partial charge in [0, 0.05) is 5.02 Å². The molecule has 0 saturated heterocycles. The summed E-state index contributed by atoms with van der Waals surface area (Å²) in [6.07, 6.45) is 2.47. The first-order valence-corrected chi connectivity index (χ1v) is 11.4. The maximum atomic E-state index is 6.56. The van der Waals surface area contributed by atoms with Gasteiger partial charge in [-0.1, -0.05) is 43.6 Å². The van der Waals surface area contributed by atoms with Crippen molar-refractivity contribution in [1.82, 2.24) is 0 Å². The van der Waals surface area contributed by atoms with Crippen molar-refractivity contribution in [3.8, 4) is 11.5 Å². The van der Waals surface area contributed by atoms with Crippen molar-refractivity contribution in [2.24, 2.45) is 15.9 Å². The highest BCUT2D eigenvalue weighted by Crippen LogP contribution is 2.31. The molecule has 2 atom stereocenters. The second-order valence-electron chi connectivity index (χ2n) is 8.78. The van der Waals surface area contributed by atoms with Crippen LogP contribution >= 0.6 is 11.6 Å². The number of nitrogens with zero attached hydrogens (tertiary/aromatic N) is 2. The van der Waals surface area contributed by atoms with Crippen LogP contribution in [0.2, 0.25) is 5.02 Å². The topological polar surface area (TPSA) is 52.4 Å². The minimum absolute atomic E-state index is 0.113. The van der Waals surface area contributed by atoms with Crippen molar-refractivity contribution >= 4 is 23.4 Å². The second kappa shape index (κ2) is 10.4. The van der Waals surface area contributed by atoms with Crippen LogP contribution in [0, 0.1) is 12.8 Å². The molecule has 0 fully saturated rings. The number of hydrogen-bond donors (Lipinski definition) is 0. The largest absolute Gasteiger partial charge is 0.483 e. The minimum Gasteiger partial charge on any atom is -0.483 e. The second-order valence-corrected chi connectivity index (χ2v) is 9.19. The molecule has 2 aromatic carbocycles. The van der Waals surface area contributed by atoms with Crippen molar-refractivity contribution in [3.63, 3.8) is 0 Å². The zero-order valence-corrected chi connectivity index (χ0v) is 20.6. The summed E-state index contributed by atoms with van der Waals surface area (Å²) in [4.78, 5) is 9.70. The van der Waals surface area contributed by atoms with Crippen molar-refractivity contribution in [2.45, 2.75) is 58.5 Å². The van der Waals surface area contributed by atoms with E-state index in [9.17, 15) is 0 Å². The van der Waals surface area contributed by atoms with E-state index in [0.717, 1.165) is 41.9 Å². The Morgan fingerprint density at radius 3 is 2.44 bits per heavy atom. The lowest BCUT2D eigenvalue weighted by atomic mass is 9.91. The van der Waals surface area contributed by atoms with Gasteiger partial charge in [-0.25, -0.2) is 9.98 Å². The summed E-state index contributed by atoms with van der Waals surface area (Å²) in [6.45, 7) is 8.29. The number of halogens is 1. The Bertz CT molecular complexity index is 1000. The first-order valence-electron chi connectivity index (χ1n) is 11.0. The number of rotatable bonds is 7. The molecule has 1 aliphatic heterocycles. The third-order valence-electron chi connectivity index (χ3n) is 5.72. The molecule has 5 nitrogen and oxygen atoms in total. The molecule has 0 bridgehead atoms. The minimum atomic E-state index is -0.549. The van der Waals surface area contributed by atoms with Crippen LogP contribution in [0.5, 0.6) is 11.5 Å². The first kappa shape index (κ1) is 24.1. The predicted molar refractivity (Wildman–Crippen MR) is 132 cm³/mol. The molecule has 0 amide bonds. The molecule has 0 unspecified atom stereocenters. The fourth-order valence-corrected chi connectivity index (χ4v) is 4.21. The summed E-state index contributed by atoms with van der Waals surface area (Å²) in [5.41, 5.74) is 1.68. The number of aryl methyl sites for hydroxylation is 2. The van der Waals surface area contributed by atoms with Gasteiger partial charge in [0.05, 0.1) is 14.2 Å². The molecule has 0 aliphatic carbocycles. The van der Waals surface area contributed by atoms with Crippen molar-refractivity contribution in [3.05, 3.63) is 58.6 Å². The lowest BCUT2D eigenvalue weighted by molar-refractivity contribution is 0.303. The van der Waals surface area contributed by atoms with E-state index in [2.05, 4.69) is 13.8 Å². The first-order chi connectivity index (χ1) is 15.3. The van der Waals surface area contributed by atoms with Crippen LogP contribution in [0.4, 0.5) is 0 Å². The molecule has 2 aromatic rings. The molecular formula is C26H33ClN2O3. The zero-order chi connectivity index (χ0) is 23.3. The van der Waals surface area contributed by atoms with E-state index in [1.807, 2.05) is 56.3 Å². The van der Waals surface area contributed by atoms with Gasteiger partial charge in [0.25, 0.3) is 0 Å². The normalized spacial score (nSPS) is 20.6. The quantitative estimate of drug-likeness (QED) is 0.468. The average molecular weight is 457 g/mol. The third-order valence-corrected chi connectivity index (χ3v) is 6.07. The lowest BCUT2D eigenvalue weighted by Gasteiger charge is -2.33. The van der Waals surface area contributed by atoms with Gasteiger partial charge in [0.2, 0.25) is 11.8 Å². The summed E-state index contributed by atoms with van der Waals surface area (Å²) < 4.78 is 17.1. The fraction of sp³-hybridized carbons (Fsp3) is 0.462. The van der Waals surface area contributed by atoms with E-state index in [0.29, 0.717) is 16.8 Å². The van der Waals surface area contributed by atoms with E-state index in [4.69, 9.17) is 35.8 Å². The van der Waals surface area contributed by atoms with Crippen LogP contribution in [-0.4, -0.2) is 37.6 Å². The molecule has 1 heterocycles.